The van der Waals surface area contributed by atoms with Crippen molar-refractivity contribution in [2.24, 2.45) is 0 Å². The summed E-state index contributed by atoms with van der Waals surface area (Å²) in [6.45, 7) is 1.81. The summed E-state index contributed by atoms with van der Waals surface area (Å²) in [4.78, 5) is 35.3. The lowest BCUT2D eigenvalue weighted by Crippen LogP contribution is -2.49. The molecule has 1 rings (SSSR count). The third kappa shape index (κ3) is 2.05. The minimum absolute atomic E-state index is 0.407. The summed E-state index contributed by atoms with van der Waals surface area (Å²) in [7, 11) is 0. The molecular formula is C7H9N3O5. The molecule has 82 valence electrons. The summed E-state index contributed by atoms with van der Waals surface area (Å²) in [6, 6.07) is 0. The SMILES string of the molecule is C=C(O)Cn1c(=O)[nH]c(=O)n(CO)c1=O. The van der Waals surface area contributed by atoms with Crippen LogP contribution in [0.15, 0.2) is 26.7 Å². The molecule has 0 atom stereocenters. The van der Waals surface area contributed by atoms with Crippen molar-refractivity contribution in [1.29, 1.82) is 0 Å². The van der Waals surface area contributed by atoms with Gasteiger partial charge in [-0.25, -0.2) is 23.5 Å². The van der Waals surface area contributed by atoms with Crippen molar-refractivity contribution in [2.75, 3.05) is 0 Å². The van der Waals surface area contributed by atoms with E-state index in [-0.39, 0.29) is 0 Å². The van der Waals surface area contributed by atoms with Gasteiger partial charge < -0.3 is 10.2 Å². The zero-order chi connectivity index (χ0) is 11.6. The Labute approximate surface area is 82.4 Å². The summed E-state index contributed by atoms with van der Waals surface area (Å²) in [6.07, 6.45) is 0. The highest BCUT2D eigenvalue weighted by Gasteiger charge is 2.08. The molecule has 0 saturated carbocycles. The maximum Gasteiger partial charge on any atom is 0.338 e. The molecule has 0 spiro atoms. The van der Waals surface area contributed by atoms with Crippen molar-refractivity contribution in [2.45, 2.75) is 13.3 Å². The minimum atomic E-state index is -1.01. The Hall–Kier alpha value is -2.09. The maximum atomic E-state index is 11.4. The molecule has 8 nitrogen and oxygen atoms in total. The van der Waals surface area contributed by atoms with Crippen LogP contribution in [0.3, 0.4) is 0 Å². The first-order valence-corrected chi connectivity index (χ1v) is 3.89. The van der Waals surface area contributed by atoms with Crippen molar-refractivity contribution < 1.29 is 10.2 Å². The predicted octanol–water partition coefficient (Wildman–Crippen LogP) is -2.28. The molecule has 0 unspecified atom stereocenters. The number of nitrogens with zero attached hydrogens (tertiary/aromatic N) is 2. The van der Waals surface area contributed by atoms with Crippen LogP contribution >= 0.6 is 0 Å². The second-order valence-corrected chi connectivity index (χ2v) is 2.74. The number of rotatable bonds is 3. The number of aliphatic hydroxyl groups is 2. The van der Waals surface area contributed by atoms with E-state index in [4.69, 9.17) is 10.2 Å². The van der Waals surface area contributed by atoms with Crippen molar-refractivity contribution in [3.63, 3.8) is 0 Å². The van der Waals surface area contributed by atoms with Gasteiger partial charge in [-0.15, -0.1) is 0 Å². The van der Waals surface area contributed by atoms with Crippen LogP contribution in [0.2, 0.25) is 0 Å². The van der Waals surface area contributed by atoms with Gasteiger partial charge in [0, 0.05) is 0 Å². The average Bonchev–Trinajstić information content (AvgIpc) is 2.12. The lowest BCUT2D eigenvalue weighted by molar-refractivity contribution is 0.193. The van der Waals surface area contributed by atoms with E-state index in [2.05, 4.69) is 6.58 Å². The number of hydrogen-bond acceptors (Lipinski definition) is 5. The molecule has 0 aliphatic carbocycles. The summed E-state index contributed by atoms with van der Waals surface area (Å²) in [5.74, 6) is -0.411. The lowest BCUT2D eigenvalue weighted by atomic mass is 10.5. The van der Waals surface area contributed by atoms with Gasteiger partial charge in [0.15, 0.2) is 0 Å². The summed E-state index contributed by atoms with van der Waals surface area (Å²) in [5.41, 5.74) is -2.99. The highest BCUT2D eigenvalue weighted by atomic mass is 16.3. The van der Waals surface area contributed by atoms with Crippen LogP contribution in [-0.4, -0.2) is 24.3 Å². The molecule has 0 aliphatic heterocycles. The van der Waals surface area contributed by atoms with E-state index in [1.807, 2.05) is 4.98 Å². The Balaban J connectivity index is 3.53. The van der Waals surface area contributed by atoms with Gasteiger partial charge in [-0.05, 0) is 0 Å². The highest BCUT2D eigenvalue weighted by Crippen LogP contribution is 1.82. The fourth-order valence-corrected chi connectivity index (χ4v) is 0.993. The summed E-state index contributed by atoms with van der Waals surface area (Å²) >= 11 is 0. The molecule has 1 heterocycles. The standard InChI is InChI=1S/C7H9N3O5/c1-4(12)2-9-5(13)8-6(14)10(3-11)7(9)15/h11-12H,1-3H2,(H,8,13,14). The quantitative estimate of drug-likeness (QED) is 0.491. The Morgan fingerprint density at radius 1 is 1.27 bits per heavy atom. The van der Waals surface area contributed by atoms with E-state index < -0.39 is 36.1 Å². The largest absolute Gasteiger partial charge is 0.511 e. The zero-order valence-corrected chi connectivity index (χ0v) is 7.63. The fourth-order valence-electron chi connectivity index (χ4n) is 0.993. The summed E-state index contributed by atoms with van der Waals surface area (Å²) in [5, 5.41) is 17.5. The van der Waals surface area contributed by atoms with Crippen LogP contribution in [0.25, 0.3) is 0 Å². The Bertz CT molecular complexity index is 549. The molecule has 0 radical (unpaired) electrons. The molecule has 0 amide bonds. The smallest absolute Gasteiger partial charge is 0.338 e. The first-order valence-electron chi connectivity index (χ1n) is 3.89. The Kier molecular flexibility index (Phi) is 2.90. The molecule has 8 heteroatoms. The maximum absolute atomic E-state index is 11.4. The fraction of sp³-hybridized carbons (Fsp3) is 0.286. The second-order valence-electron chi connectivity index (χ2n) is 2.74. The average molecular weight is 215 g/mol. The van der Waals surface area contributed by atoms with Gasteiger partial charge in [0.25, 0.3) is 0 Å². The van der Waals surface area contributed by atoms with Gasteiger partial charge in [-0.3, -0.25) is 4.98 Å². The van der Waals surface area contributed by atoms with E-state index in [9.17, 15) is 14.4 Å². The van der Waals surface area contributed by atoms with Gasteiger partial charge in [0.05, 0.1) is 6.54 Å². The van der Waals surface area contributed by atoms with Crippen LogP contribution in [-0.2, 0) is 13.3 Å². The number of aromatic nitrogens is 3. The minimum Gasteiger partial charge on any atom is -0.511 e. The Morgan fingerprint density at radius 3 is 2.27 bits per heavy atom. The number of allylic oxidation sites excluding steroid dienone is 1. The number of hydrogen-bond donors (Lipinski definition) is 3. The first-order chi connectivity index (χ1) is 6.97. The molecule has 0 bridgehead atoms. The molecule has 0 fully saturated rings. The van der Waals surface area contributed by atoms with E-state index in [1.54, 1.807) is 0 Å². The van der Waals surface area contributed by atoms with Gasteiger partial charge in [-0.1, -0.05) is 6.58 Å². The molecule has 0 saturated heterocycles. The van der Waals surface area contributed by atoms with Crippen molar-refractivity contribution in [3.8, 4) is 0 Å². The number of H-pyrrole nitrogens is 1. The van der Waals surface area contributed by atoms with Crippen LogP contribution in [0, 0.1) is 0 Å². The van der Waals surface area contributed by atoms with Crippen LogP contribution in [0.5, 0.6) is 0 Å². The normalized spacial score (nSPS) is 10.2. The van der Waals surface area contributed by atoms with Crippen LogP contribution in [0.1, 0.15) is 0 Å². The van der Waals surface area contributed by atoms with E-state index in [0.29, 0.717) is 9.13 Å². The molecular weight excluding hydrogens is 206 g/mol. The van der Waals surface area contributed by atoms with Gasteiger partial charge in [0.1, 0.15) is 12.5 Å². The third-order valence-corrected chi connectivity index (χ3v) is 1.65. The van der Waals surface area contributed by atoms with Crippen molar-refractivity contribution >= 4 is 0 Å². The van der Waals surface area contributed by atoms with Gasteiger partial charge in [-0.2, -0.15) is 0 Å². The monoisotopic (exact) mass is 215 g/mol. The molecule has 3 N–H and O–H groups in total. The lowest BCUT2D eigenvalue weighted by Gasteiger charge is -2.05. The van der Waals surface area contributed by atoms with Crippen LogP contribution < -0.4 is 17.1 Å². The van der Waals surface area contributed by atoms with Gasteiger partial charge in [0.2, 0.25) is 0 Å². The predicted molar refractivity (Wildman–Crippen MR) is 49.6 cm³/mol. The molecule has 1 aromatic rings. The molecule has 15 heavy (non-hydrogen) atoms. The zero-order valence-electron chi connectivity index (χ0n) is 7.63. The van der Waals surface area contributed by atoms with Crippen molar-refractivity contribution in [1.82, 2.24) is 14.1 Å². The van der Waals surface area contributed by atoms with E-state index in [0.717, 1.165) is 0 Å². The highest BCUT2D eigenvalue weighted by molar-refractivity contribution is 4.83. The number of aromatic amines is 1. The van der Waals surface area contributed by atoms with Gasteiger partial charge >= 0.3 is 17.1 Å². The number of nitrogens with one attached hydrogen (secondary N) is 1. The van der Waals surface area contributed by atoms with Crippen LogP contribution in [0.4, 0.5) is 0 Å². The molecule has 1 aromatic heterocycles. The number of aliphatic hydroxyl groups excluding tert-OH is 2. The molecule has 0 aliphatic rings. The first kappa shape index (κ1) is 11.0. The van der Waals surface area contributed by atoms with E-state index in [1.165, 1.54) is 0 Å². The van der Waals surface area contributed by atoms with E-state index >= 15 is 0 Å². The second kappa shape index (κ2) is 3.96. The molecule has 0 aromatic carbocycles. The summed E-state index contributed by atoms with van der Waals surface area (Å²) < 4.78 is 0.949. The third-order valence-electron chi connectivity index (χ3n) is 1.65. The topological polar surface area (TPSA) is 117 Å². The van der Waals surface area contributed by atoms with Crippen molar-refractivity contribution in [3.05, 3.63) is 43.8 Å². The Morgan fingerprint density at radius 2 is 1.80 bits per heavy atom.